The second-order valence-corrected chi connectivity index (χ2v) is 7.62. The molecule has 1 aliphatic rings. The number of halogens is 3. The van der Waals surface area contributed by atoms with Gasteiger partial charge in [0.2, 0.25) is 0 Å². The quantitative estimate of drug-likeness (QED) is 0.495. The van der Waals surface area contributed by atoms with Crippen molar-refractivity contribution >= 4 is 17.6 Å². The molecule has 33 heavy (non-hydrogen) atoms. The van der Waals surface area contributed by atoms with Crippen LogP contribution in [0.1, 0.15) is 23.7 Å². The molecule has 3 aromatic rings. The van der Waals surface area contributed by atoms with Gasteiger partial charge in [0, 0.05) is 24.9 Å². The Morgan fingerprint density at radius 1 is 0.970 bits per heavy atom. The zero-order chi connectivity index (χ0) is 23.6. The maximum Gasteiger partial charge on any atom is 0.573 e. The third-order valence-electron chi connectivity index (χ3n) is 5.27. The Balaban J connectivity index is 1.49. The van der Waals surface area contributed by atoms with Gasteiger partial charge in [-0.15, -0.1) is 13.2 Å². The molecule has 0 saturated carbocycles. The van der Waals surface area contributed by atoms with Gasteiger partial charge in [-0.2, -0.15) is 0 Å². The Kier molecular flexibility index (Phi) is 6.04. The number of carbonyl (C=O) groups excluding carboxylic acids is 2. The highest BCUT2D eigenvalue weighted by Crippen LogP contribution is 2.30. The number of nitrogens with zero attached hydrogens (tertiary/aromatic N) is 3. The first-order chi connectivity index (χ1) is 15.7. The molecule has 0 spiro atoms. The van der Waals surface area contributed by atoms with Gasteiger partial charge < -0.3 is 9.64 Å². The molecular weight excluding hydrogens is 435 g/mol. The summed E-state index contributed by atoms with van der Waals surface area (Å²) in [5.41, 5.74) is 2.93. The van der Waals surface area contributed by atoms with Crippen molar-refractivity contribution in [2.45, 2.75) is 32.3 Å². The summed E-state index contributed by atoms with van der Waals surface area (Å²) >= 11 is 0. The Morgan fingerprint density at radius 3 is 2.33 bits per heavy atom. The molecule has 170 valence electrons. The lowest BCUT2D eigenvalue weighted by Crippen LogP contribution is -2.33. The fourth-order valence-electron chi connectivity index (χ4n) is 3.67. The third-order valence-corrected chi connectivity index (χ3v) is 5.27. The molecule has 9 heteroatoms. The number of anilines is 1. The molecule has 2 heterocycles. The number of urea groups is 1. The van der Waals surface area contributed by atoms with Crippen LogP contribution in [0.5, 0.6) is 5.75 Å². The van der Waals surface area contributed by atoms with Crippen LogP contribution in [0.2, 0.25) is 0 Å². The maximum absolute atomic E-state index is 13.0. The SMILES string of the molecule is CC1C(=O)N(c2ccc(OC(F)(F)F)cc2)C(=O)N1Cc1ccnc(Cc2ccccc2)c1. The first kappa shape index (κ1) is 22.3. The topological polar surface area (TPSA) is 62.7 Å². The van der Waals surface area contributed by atoms with E-state index >= 15 is 0 Å². The first-order valence-electron chi connectivity index (χ1n) is 10.2. The van der Waals surface area contributed by atoms with Crippen LogP contribution in [0.3, 0.4) is 0 Å². The number of rotatable bonds is 6. The summed E-state index contributed by atoms with van der Waals surface area (Å²) in [5, 5.41) is 0. The molecular formula is C24H20F3N3O3. The van der Waals surface area contributed by atoms with E-state index in [2.05, 4.69) is 9.72 Å². The van der Waals surface area contributed by atoms with Crippen molar-refractivity contribution in [2.24, 2.45) is 0 Å². The van der Waals surface area contributed by atoms with Gasteiger partial charge in [-0.25, -0.2) is 9.69 Å². The number of benzene rings is 2. The van der Waals surface area contributed by atoms with Crippen molar-refractivity contribution < 1.29 is 27.5 Å². The summed E-state index contributed by atoms with van der Waals surface area (Å²) in [6, 6.07) is 16.9. The Bertz CT molecular complexity index is 1150. The molecule has 6 nitrogen and oxygen atoms in total. The molecule has 0 radical (unpaired) electrons. The molecule has 1 aliphatic heterocycles. The minimum Gasteiger partial charge on any atom is -0.406 e. The number of imide groups is 1. The molecule has 1 aromatic heterocycles. The number of ether oxygens (including phenoxy) is 1. The van der Waals surface area contributed by atoms with E-state index in [-0.39, 0.29) is 12.2 Å². The molecule has 1 saturated heterocycles. The lowest BCUT2D eigenvalue weighted by Gasteiger charge is -2.20. The Morgan fingerprint density at radius 2 is 1.67 bits per heavy atom. The first-order valence-corrected chi connectivity index (χ1v) is 10.2. The maximum atomic E-state index is 13.0. The van der Waals surface area contributed by atoms with Crippen LogP contribution in [-0.4, -0.2) is 34.2 Å². The van der Waals surface area contributed by atoms with Crippen molar-refractivity contribution in [3.63, 3.8) is 0 Å². The molecule has 0 aliphatic carbocycles. The summed E-state index contributed by atoms with van der Waals surface area (Å²) < 4.78 is 41.0. The number of hydrogen-bond acceptors (Lipinski definition) is 4. The number of carbonyl (C=O) groups is 2. The van der Waals surface area contributed by atoms with E-state index in [9.17, 15) is 22.8 Å². The minimum absolute atomic E-state index is 0.174. The third kappa shape index (κ3) is 5.14. The number of aromatic nitrogens is 1. The van der Waals surface area contributed by atoms with Crippen LogP contribution in [0.25, 0.3) is 0 Å². The molecule has 4 rings (SSSR count). The van der Waals surface area contributed by atoms with Crippen molar-refractivity contribution in [2.75, 3.05) is 4.90 Å². The van der Waals surface area contributed by atoms with Gasteiger partial charge in [0.05, 0.1) is 5.69 Å². The fraction of sp³-hybridized carbons (Fsp3) is 0.208. The fourth-order valence-corrected chi connectivity index (χ4v) is 3.67. The van der Waals surface area contributed by atoms with Gasteiger partial charge in [-0.3, -0.25) is 9.78 Å². The van der Waals surface area contributed by atoms with Crippen LogP contribution in [0.4, 0.5) is 23.7 Å². The van der Waals surface area contributed by atoms with E-state index in [0.29, 0.717) is 6.42 Å². The van der Waals surface area contributed by atoms with E-state index in [4.69, 9.17) is 0 Å². The second-order valence-electron chi connectivity index (χ2n) is 7.62. The van der Waals surface area contributed by atoms with Crippen molar-refractivity contribution in [3.8, 4) is 5.75 Å². The standard InChI is InChI=1S/C24H20F3N3O3/c1-16-22(31)30(20-7-9-21(10-8-20)33-24(25,26)27)23(32)29(16)15-18-11-12-28-19(14-18)13-17-5-3-2-4-6-17/h2-12,14,16H,13,15H2,1H3. The lowest BCUT2D eigenvalue weighted by molar-refractivity contribution is -0.274. The molecule has 1 unspecified atom stereocenters. The molecule has 1 fully saturated rings. The molecule has 3 amide bonds. The predicted octanol–water partition coefficient (Wildman–Crippen LogP) is 4.93. The van der Waals surface area contributed by atoms with Crippen LogP contribution >= 0.6 is 0 Å². The largest absolute Gasteiger partial charge is 0.573 e. The monoisotopic (exact) mass is 455 g/mol. The van der Waals surface area contributed by atoms with E-state index in [1.54, 1.807) is 19.2 Å². The minimum atomic E-state index is -4.82. The summed E-state index contributed by atoms with van der Waals surface area (Å²) in [6.07, 6.45) is -2.52. The van der Waals surface area contributed by atoms with Crippen LogP contribution in [0, 0.1) is 0 Å². The highest BCUT2D eigenvalue weighted by Gasteiger charge is 2.43. The average Bonchev–Trinajstić information content (AvgIpc) is 2.98. The van der Waals surface area contributed by atoms with Crippen molar-refractivity contribution in [3.05, 3.63) is 89.7 Å². The van der Waals surface area contributed by atoms with Crippen molar-refractivity contribution in [1.82, 2.24) is 9.88 Å². The average molecular weight is 455 g/mol. The second kappa shape index (κ2) is 8.93. The number of alkyl halides is 3. The highest BCUT2D eigenvalue weighted by molar-refractivity contribution is 6.21. The molecule has 2 aromatic carbocycles. The number of amides is 3. The van der Waals surface area contributed by atoms with Crippen LogP contribution in [-0.2, 0) is 17.8 Å². The van der Waals surface area contributed by atoms with E-state index < -0.39 is 30.1 Å². The van der Waals surface area contributed by atoms with Gasteiger partial charge in [-0.05, 0) is 54.4 Å². The highest BCUT2D eigenvalue weighted by atomic mass is 19.4. The van der Waals surface area contributed by atoms with E-state index in [1.165, 1.54) is 17.0 Å². The Hall–Kier alpha value is -3.88. The van der Waals surface area contributed by atoms with Crippen LogP contribution < -0.4 is 9.64 Å². The predicted molar refractivity (Wildman–Crippen MR) is 114 cm³/mol. The van der Waals surface area contributed by atoms with Crippen molar-refractivity contribution in [1.29, 1.82) is 0 Å². The Labute approximate surface area is 188 Å². The van der Waals surface area contributed by atoms with E-state index in [1.807, 2.05) is 36.4 Å². The van der Waals surface area contributed by atoms with Gasteiger partial charge in [0.15, 0.2) is 0 Å². The zero-order valence-corrected chi connectivity index (χ0v) is 17.6. The van der Waals surface area contributed by atoms with Crippen LogP contribution in [0.15, 0.2) is 72.9 Å². The zero-order valence-electron chi connectivity index (χ0n) is 17.6. The summed E-state index contributed by atoms with van der Waals surface area (Å²) in [5.74, 6) is -0.888. The lowest BCUT2D eigenvalue weighted by atomic mass is 10.1. The molecule has 0 bridgehead atoms. The summed E-state index contributed by atoms with van der Waals surface area (Å²) in [6.45, 7) is 1.81. The molecule has 1 atom stereocenters. The van der Waals surface area contributed by atoms with E-state index in [0.717, 1.165) is 33.9 Å². The smallest absolute Gasteiger partial charge is 0.406 e. The van der Waals surface area contributed by atoms with Gasteiger partial charge in [0.1, 0.15) is 11.8 Å². The van der Waals surface area contributed by atoms with Gasteiger partial charge >= 0.3 is 12.4 Å². The van der Waals surface area contributed by atoms with Gasteiger partial charge in [0.25, 0.3) is 5.91 Å². The van der Waals surface area contributed by atoms with Gasteiger partial charge in [-0.1, -0.05) is 30.3 Å². The number of hydrogen-bond donors (Lipinski definition) is 0. The summed E-state index contributed by atoms with van der Waals surface area (Å²) in [7, 11) is 0. The number of pyridine rings is 1. The summed E-state index contributed by atoms with van der Waals surface area (Å²) in [4.78, 5) is 32.6. The molecule has 0 N–H and O–H groups in total. The normalized spacial score (nSPS) is 16.4.